The van der Waals surface area contributed by atoms with E-state index < -0.39 is 0 Å². The summed E-state index contributed by atoms with van der Waals surface area (Å²) in [7, 11) is 1.62. The zero-order chi connectivity index (χ0) is 15.3. The molecule has 6 nitrogen and oxygen atoms in total. The minimum Gasteiger partial charge on any atom is -0.463 e. The maximum atomic E-state index is 11.6. The van der Waals surface area contributed by atoms with Crippen molar-refractivity contribution in [3.8, 4) is 0 Å². The van der Waals surface area contributed by atoms with Gasteiger partial charge in [-0.25, -0.2) is 0 Å². The summed E-state index contributed by atoms with van der Waals surface area (Å²) >= 11 is 0. The van der Waals surface area contributed by atoms with E-state index in [1.807, 2.05) is 12.1 Å². The van der Waals surface area contributed by atoms with Crippen LogP contribution in [0, 0.1) is 0 Å². The van der Waals surface area contributed by atoms with E-state index in [1.54, 1.807) is 19.2 Å². The van der Waals surface area contributed by atoms with E-state index in [-0.39, 0.29) is 19.0 Å². The van der Waals surface area contributed by atoms with Gasteiger partial charge in [-0.2, -0.15) is 0 Å². The van der Waals surface area contributed by atoms with Crippen LogP contribution in [-0.2, 0) is 30.2 Å². The van der Waals surface area contributed by atoms with Crippen LogP contribution in [-0.4, -0.2) is 52.7 Å². The predicted molar refractivity (Wildman–Crippen MR) is 79.0 cm³/mol. The second-order valence-electron chi connectivity index (χ2n) is 4.36. The lowest BCUT2D eigenvalue weighted by atomic mass is 10.1. The standard InChI is InChI=1S/C15H23NO5/c1-18-6-7-19-8-9-20-10-11-21-15(17)12-13-2-4-14(16)5-3-13/h2-5H,6-12,16H2,1H3. The minimum absolute atomic E-state index is 0.237. The molecule has 0 aliphatic rings. The number of carbonyl (C=O) groups is 1. The smallest absolute Gasteiger partial charge is 0.310 e. The fourth-order valence-electron chi connectivity index (χ4n) is 1.53. The SMILES string of the molecule is COCCOCCOCCOC(=O)Cc1ccc(N)cc1. The number of benzene rings is 1. The van der Waals surface area contributed by atoms with Gasteiger partial charge in [-0.1, -0.05) is 12.1 Å². The molecule has 21 heavy (non-hydrogen) atoms. The van der Waals surface area contributed by atoms with Crippen LogP contribution in [0.1, 0.15) is 5.56 Å². The molecule has 6 heteroatoms. The maximum Gasteiger partial charge on any atom is 0.310 e. The van der Waals surface area contributed by atoms with E-state index >= 15 is 0 Å². The van der Waals surface area contributed by atoms with E-state index in [9.17, 15) is 4.79 Å². The van der Waals surface area contributed by atoms with E-state index in [2.05, 4.69) is 0 Å². The Morgan fingerprint density at radius 3 is 2.14 bits per heavy atom. The lowest BCUT2D eigenvalue weighted by Gasteiger charge is -2.07. The summed E-state index contributed by atoms with van der Waals surface area (Å²) in [6.07, 6.45) is 0.237. The lowest BCUT2D eigenvalue weighted by Crippen LogP contribution is -2.14. The van der Waals surface area contributed by atoms with Gasteiger partial charge < -0.3 is 24.7 Å². The molecule has 2 N–H and O–H groups in total. The number of rotatable bonds is 11. The van der Waals surface area contributed by atoms with Crippen LogP contribution in [0.2, 0.25) is 0 Å². The van der Waals surface area contributed by atoms with Crippen LogP contribution < -0.4 is 5.73 Å². The Morgan fingerprint density at radius 1 is 0.952 bits per heavy atom. The Labute approximate surface area is 125 Å². The molecule has 1 aromatic carbocycles. The molecule has 0 unspecified atom stereocenters. The van der Waals surface area contributed by atoms with Crippen LogP contribution in [0.4, 0.5) is 5.69 Å². The quantitative estimate of drug-likeness (QED) is 0.373. The molecule has 0 radical (unpaired) electrons. The van der Waals surface area contributed by atoms with Gasteiger partial charge in [0.1, 0.15) is 6.61 Å². The number of nitrogen functional groups attached to an aromatic ring is 1. The number of nitrogens with two attached hydrogens (primary N) is 1. The molecule has 0 saturated heterocycles. The molecule has 0 aromatic heterocycles. The van der Waals surface area contributed by atoms with Crippen LogP contribution in [0.5, 0.6) is 0 Å². The summed E-state index contributed by atoms with van der Waals surface area (Å²) in [5, 5.41) is 0. The predicted octanol–water partition coefficient (Wildman–Crippen LogP) is 1.03. The number of ether oxygens (including phenoxy) is 4. The van der Waals surface area contributed by atoms with Gasteiger partial charge in [-0.15, -0.1) is 0 Å². The molecular formula is C15H23NO5. The minimum atomic E-state index is -0.278. The zero-order valence-electron chi connectivity index (χ0n) is 12.4. The van der Waals surface area contributed by atoms with Gasteiger partial charge in [0.25, 0.3) is 0 Å². The van der Waals surface area contributed by atoms with Crippen molar-refractivity contribution in [1.29, 1.82) is 0 Å². The number of anilines is 1. The first-order valence-corrected chi connectivity index (χ1v) is 6.87. The Bertz CT molecular complexity index is 394. The third-order valence-corrected chi connectivity index (χ3v) is 2.62. The first-order valence-electron chi connectivity index (χ1n) is 6.87. The monoisotopic (exact) mass is 297 g/mol. The van der Waals surface area contributed by atoms with Crippen molar-refractivity contribution in [1.82, 2.24) is 0 Å². The number of hydrogen-bond donors (Lipinski definition) is 1. The average Bonchev–Trinajstić information content (AvgIpc) is 2.48. The molecule has 0 spiro atoms. The van der Waals surface area contributed by atoms with Crippen molar-refractivity contribution in [2.24, 2.45) is 0 Å². The molecule has 0 atom stereocenters. The largest absolute Gasteiger partial charge is 0.463 e. The third kappa shape index (κ3) is 9.01. The van der Waals surface area contributed by atoms with Gasteiger partial charge in [-0.05, 0) is 17.7 Å². The third-order valence-electron chi connectivity index (χ3n) is 2.62. The first kappa shape index (κ1) is 17.4. The number of methoxy groups -OCH3 is 1. The van der Waals surface area contributed by atoms with Crippen molar-refractivity contribution in [2.45, 2.75) is 6.42 Å². The van der Waals surface area contributed by atoms with E-state index in [0.29, 0.717) is 38.7 Å². The summed E-state index contributed by atoms with van der Waals surface area (Å²) in [5.41, 5.74) is 7.12. The Morgan fingerprint density at radius 2 is 1.52 bits per heavy atom. The summed E-state index contributed by atoms with van der Waals surface area (Å²) in [6, 6.07) is 7.14. The summed E-state index contributed by atoms with van der Waals surface area (Å²) in [6.45, 7) is 2.70. The van der Waals surface area contributed by atoms with Gasteiger partial charge in [-0.3, -0.25) is 4.79 Å². The van der Waals surface area contributed by atoms with Crippen molar-refractivity contribution in [3.63, 3.8) is 0 Å². The Hall–Kier alpha value is -1.63. The van der Waals surface area contributed by atoms with E-state index in [4.69, 9.17) is 24.7 Å². The van der Waals surface area contributed by atoms with Gasteiger partial charge in [0.15, 0.2) is 0 Å². The Kier molecular flexibility index (Phi) is 9.19. The van der Waals surface area contributed by atoms with Gasteiger partial charge in [0.2, 0.25) is 0 Å². The molecule has 0 aliphatic carbocycles. The Balaban J connectivity index is 1.97. The van der Waals surface area contributed by atoms with Crippen molar-refractivity contribution >= 4 is 11.7 Å². The highest BCUT2D eigenvalue weighted by Crippen LogP contribution is 2.06. The van der Waals surface area contributed by atoms with Crippen molar-refractivity contribution < 1.29 is 23.7 Å². The normalized spacial score (nSPS) is 10.5. The first-order chi connectivity index (χ1) is 10.2. The average molecular weight is 297 g/mol. The highest BCUT2D eigenvalue weighted by Gasteiger charge is 2.04. The summed E-state index contributed by atoms with van der Waals surface area (Å²) in [5.74, 6) is -0.278. The van der Waals surface area contributed by atoms with Crippen LogP contribution >= 0.6 is 0 Å². The fourth-order valence-corrected chi connectivity index (χ4v) is 1.53. The molecular weight excluding hydrogens is 274 g/mol. The molecule has 1 rings (SSSR count). The van der Waals surface area contributed by atoms with Gasteiger partial charge in [0, 0.05) is 12.8 Å². The summed E-state index contributed by atoms with van der Waals surface area (Å²) in [4.78, 5) is 11.6. The van der Waals surface area contributed by atoms with E-state index in [1.165, 1.54) is 0 Å². The number of hydrogen-bond acceptors (Lipinski definition) is 6. The van der Waals surface area contributed by atoms with Crippen molar-refractivity contribution in [3.05, 3.63) is 29.8 Å². The van der Waals surface area contributed by atoms with Gasteiger partial charge in [0.05, 0.1) is 39.5 Å². The molecule has 0 bridgehead atoms. The van der Waals surface area contributed by atoms with E-state index in [0.717, 1.165) is 5.56 Å². The highest BCUT2D eigenvalue weighted by molar-refractivity contribution is 5.72. The van der Waals surface area contributed by atoms with Crippen LogP contribution in [0.3, 0.4) is 0 Å². The van der Waals surface area contributed by atoms with Crippen molar-refractivity contribution in [2.75, 3.05) is 52.5 Å². The zero-order valence-corrected chi connectivity index (χ0v) is 12.4. The second kappa shape index (κ2) is 11.1. The topological polar surface area (TPSA) is 80.0 Å². The highest BCUT2D eigenvalue weighted by atomic mass is 16.6. The lowest BCUT2D eigenvalue weighted by molar-refractivity contribution is -0.144. The summed E-state index contributed by atoms with van der Waals surface area (Å²) < 4.78 is 20.4. The molecule has 0 fully saturated rings. The van der Waals surface area contributed by atoms with Gasteiger partial charge >= 0.3 is 5.97 Å². The molecule has 0 heterocycles. The molecule has 1 aromatic rings. The number of carbonyl (C=O) groups excluding carboxylic acids is 1. The molecule has 0 aliphatic heterocycles. The number of esters is 1. The fraction of sp³-hybridized carbons (Fsp3) is 0.533. The van der Waals surface area contributed by atoms with Crippen LogP contribution in [0.15, 0.2) is 24.3 Å². The molecule has 0 amide bonds. The molecule has 118 valence electrons. The molecule has 0 saturated carbocycles. The van der Waals surface area contributed by atoms with Crippen LogP contribution in [0.25, 0.3) is 0 Å². The maximum absolute atomic E-state index is 11.6. The second-order valence-corrected chi connectivity index (χ2v) is 4.36.